The maximum absolute atomic E-state index is 11.2. The summed E-state index contributed by atoms with van der Waals surface area (Å²) in [6, 6.07) is 0. The van der Waals surface area contributed by atoms with E-state index >= 15 is 0 Å². The number of ketones is 1. The zero-order valence-electron chi connectivity index (χ0n) is 7.14. The fourth-order valence-electron chi connectivity index (χ4n) is 1.71. The van der Waals surface area contributed by atoms with Gasteiger partial charge in [0.1, 0.15) is 0 Å². The topological polar surface area (TPSA) is 17.1 Å². The van der Waals surface area contributed by atoms with Gasteiger partial charge in [-0.3, -0.25) is 4.79 Å². The largest absolute Gasteiger partial charge is 0.298 e. The van der Waals surface area contributed by atoms with E-state index in [1.807, 2.05) is 0 Å². The summed E-state index contributed by atoms with van der Waals surface area (Å²) in [5.74, 6) is 1.20. The van der Waals surface area contributed by atoms with Crippen molar-refractivity contribution in [1.29, 1.82) is 0 Å². The molecule has 1 aliphatic rings. The van der Waals surface area contributed by atoms with Crippen molar-refractivity contribution in [3.8, 4) is 0 Å². The number of carbonyl (C=O) groups excluding carboxylic acids is 1. The molecule has 0 spiro atoms. The highest BCUT2D eigenvalue weighted by Crippen LogP contribution is 2.31. The number of Topliss-reactive ketones (excluding diaryl/α,β-unsaturated/α-hetero) is 1. The number of hydrogen-bond acceptors (Lipinski definition) is 1. The highest BCUT2D eigenvalue weighted by molar-refractivity contribution is 6.31. The van der Waals surface area contributed by atoms with Gasteiger partial charge in [-0.25, -0.2) is 0 Å². The van der Waals surface area contributed by atoms with E-state index in [2.05, 4.69) is 13.8 Å². The third-order valence-corrected chi connectivity index (χ3v) is 3.07. The van der Waals surface area contributed by atoms with Crippen molar-refractivity contribution in [1.82, 2.24) is 0 Å². The van der Waals surface area contributed by atoms with Crippen LogP contribution in [-0.2, 0) is 4.79 Å². The first-order valence-corrected chi connectivity index (χ1v) is 4.73. The Balaban J connectivity index is 2.58. The summed E-state index contributed by atoms with van der Waals surface area (Å²) in [6.07, 6.45) is 2.85. The lowest BCUT2D eigenvalue weighted by Crippen LogP contribution is -2.32. The van der Waals surface area contributed by atoms with Gasteiger partial charge in [0.15, 0.2) is 5.78 Å². The van der Waals surface area contributed by atoms with Crippen molar-refractivity contribution >= 4 is 17.4 Å². The molecule has 0 radical (unpaired) electrons. The van der Waals surface area contributed by atoms with Crippen molar-refractivity contribution < 1.29 is 4.79 Å². The zero-order valence-corrected chi connectivity index (χ0v) is 7.90. The Morgan fingerprint density at radius 3 is 2.64 bits per heavy atom. The molecule has 2 atom stereocenters. The van der Waals surface area contributed by atoms with E-state index in [1.54, 1.807) is 0 Å². The molecular weight excluding hydrogens is 160 g/mol. The number of rotatable bonds is 1. The molecule has 1 aliphatic carbocycles. The van der Waals surface area contributed by atoms with Crippen LogP contribution in [-0.4, -0.2) is 11.2 Å². The number of halogens is 1. The third-order valence-electron chi connectivity index (χ3n) is 2.50. The molecule has 0 saturated heterocycles. The lowest BCUT2D eigenvalue weighted by atomic mass is 9.81. The molecule has 0 bridgehead atoms. The average molecular weight is 175 g/mol. The van der Waals surface area contributed by atoms with E-state index in [0.29, 0.717) is 18.3 Å². The predicted octanol–water partition coefficient (Wildman–Crippen LogP) is 2.62. The first-order chi connectivity index (χ1) is 5.13. The molecule has 0 aromatic rings. The van der Waals surface area contributed by atoms with Crippen molar-refractivity contribution in [3.63, 3.8) is 0 Å². The normalized spacial score (nSPS) is 32.9. The van der Waals surface area contributed by atoms with Gasteiger partial charge in [0.25, 0.3) is 0 Å². The summed E-state index contributed by atoms with van der Waals surface area (Å²) in [5, 5.41) is -0.205. The molecule has 0 aromatic carbocycles. The van der Waals surface area contributed by atoms with Crippen molar-refractivity contribution in [2.75, 3.05) is 0 Å². The molecule has 2 heteroatoms. The van der Waals surface area contributed by atoms with Crippen LogP contribution < -0.4 is 0 Å². The van der Waals surface area contributed by atoms with Crippen LogP contribution in [0.1, 0.15) is 33.1 Å². The molecule has 0 amide bonds. The van der Waals surface area contributed by atoms with Crippen molar-refractivity contribution in [3.05, 3.63) is 0 Å². The van der Waals surface area contributed by atoms with E-state index in [0.717, 1.165) is 12.8 Å². The molecule has 0 heterocycles. The smallest absolute Gasteiger partial charge is 0.150 e. The molecule has 0 unspecified atom stereocenters. The Morgan fingerprint density at radius 2 is 2.18 bits per heavy atom. The third kappa shape index (κ3) is 1.96. The minimum Gasteiger partial charge on any atom is -0.298 e. The van der Waals surface area contributed by atoms with Gasteiger partial charge in [-0.15, -0.1) is 11.6 Å². The summed E-state index contributed by atoms with van der Waals surface area (Å²) in [5.41, 5.74) is 0. The molecular formula is C9H15ClO. The van der Waals surface area contributed by atoms with Crippen LogP contribution in [0.15, 0.2) is 0 Å². The zero-order chi connectivity index (χ0) is 8.43. The van der Waals surface area contributed by atoms with E-state index in [-0.39, 0.29) is 11.2 Å². The second kappa shape index (κ2) is 3.57. The van der Waals surface area contributed by atoms with Crippen molar-refractivity contribution in [2.45, 2.75) is 38.5 Å². The lowest BCUT2D eigenvalue weighted by molar-refractivity contribution is -0.121. The fourth-order valence-corrected chi connectivity index (χ4v) is 2.23. The van der Waals surface area contributed by atoms with Gasteiger partial charge in [0, 0.05) is 6.42 Å². The minimum atomic E-state index is -0.205. The molecule has 11 heavy (non-hydrogen) atoms. The molecule has 0 aromatic heterocycles. The Morgan fingerprint density at radius 1 is 1.55 bits per heavy atom. The molecule has 0 aliphatic heterocycles. The summed E-state index contributed by atoms with van der Waals surface area (Å²) in [7, 11) is 0. The second-order valence-electron chi connectivity index (χ2n) is 3.67. The standard InChI is InChI=1S/C9H15ClO/c1-6(2)7-4-3-5-8(11)9(7)10/h6-7,9H,3-5H2,1-2H3/t7-,9-/m0/s1. The molecule has 1 nitrogen and oxygen atoms in total. The summed E-state index contributed by atoms with van der Waals surface area (Å²) >= 11 is 5.98. The quantitative estimate of drug-likeness (QED) is 0.559. The number of hydrogen-bond donors (Lipinski definition) is 0. The highest BCUT2D eigenvalue weighted by atomic mass is 35.5. The monoisotopic (exact) mass is 174 g/mol. The van der Waals surface area contributed by atoms with Crippen LogP contribution in [0, 0.1) is 11.8 Å². The van der Waals surface area contributed by atoms with Gasteiger partial charge in [0.2, 0.25) is 0 Å². The SMILES string of the molecule is CC(C)[C@@H]1CCCC(=O)[C@H]1Cl. The maximum atomic E-state index is 11.2. The molecule has 64 valence electrons. The van der Waals surface area contributed by atoms with Crippen LogP contribution in [0.3, 0.4) is 0 Å². The van der Waals surface area contributed by atoms with E-state index < -0.39 is 0 Å². The van der Waals surface area contributed by atoms with Gasteiger partial charge < -0.3 is 0 Å². The minimum absolute atomic E-state index is 0.205. The van der Waals surface area contributed by atoms with Crippen LogP contribution >= 0.6 is 11.6 Å². The van der Waals surface area contributed by atoms with Gasteiger partial charge in [-0.05, 0) is 24.7 Å². The Bertz CT molecular complexity index is 154. The lowest BCUT2D eigenvalue weighted by Gasteiger charge is -2.28. The molecule has 1 fully saturated rings. The van der Waals surface area contributed by atoms with Crippen LogP contribution in [0.5, 0.6) is 0 Å². The van der Waals surface area contributed by atoms with Gasteiger partial charge in [-0.1, -0.05) is 13.8 Å². The first-order valence-electron chi connectivity index (χ1n) is 4.29. The van der Waals surface area contributed by atoms with E-state index in [4.69, 9.17) is 11.6 Å². The van der Waals surface area contributed by atoms with Crippen LogP contribution in [0.25, 0.3) is 0 Å². The molecule has 1 rings (SSSR count). The Hall–Kier alpha value is -0.0400. The second-order valence-corrected chi connectivity index (χ2v) is 4.14. The predicted molar refractivity (Wildman–Crippen MR) is 46.8 cm³/mol. The average Bonchev–Trinajstić information content (AvgIpc) is 1.94. The van der Waals surface area contributed by atoms with Crippen LogP contribution in [0.4, 0.5) is 0 Å². The maximum Gasteiger partial charge on any atom is 0.150 e. The summed E-state index contributed by atoms with van der Waals surface area (Å²) in [6.45, 7) is 4.28. The summed E-state index contributed by atoms with van der Waals surface area (Å²) < 4.78 is 0. The highest BCUT2D eigenvalue weighted by Gasteiger charge is 2.31. The number of alkyl halides is 1. The molecule has 0 N–H and O–H groups in total. The van der Waals surface area contributed by atoms with Gasteiger partial charge in [-0.2, -0.15) is 0 Å². The van der Waals surface area contributed by atoms with E-state index in [1.165, 1.54) is 0 Å². The van der Waals surface area contributed by atoms with Crippen molar-refractivity contribution in [2.24, 2.45) is 11.8 Å². The first kappa shape index (κ1) is 9.05. The fraction of sp³-hybridized carbons (Fsp3) is 0.889. The van der Waals surface area contributed by atoms with Gasteiger partial charge in [0.05, 0.1) is 5.38 Å². The van der Waals surface area contributed by atoms with E-state index in [9.17, 15) is 4.79 Å². The summed E-state index contributed by atoms with van der Waals surface area (Å²) in [4.78, 5) is 11.2. The van der Waals surface area contributed by atoms with Gasteiger partial charge >= 0.3 is 0 Å². The number of carbonyl (C=O) groups is 1. The Kier molecular flexibility index (Phi) is 2.94. The Labute approximate surface area is 73.1 Å². The molecule has 1 saturated carbocycles. The van der Waals surface area contributed by atoms with Crippen LogP contribution in [0.2, 0.25) is 0 Å².